The van der Waals surface area contributed by atoms with E-state index in [1.807, 2.05) is 12.1 Å². The number of rotatable bonds is 6. The van der Waals surface area contributed by atoms with Crippen LogP contribution in [-0.4, -0.2) is 23.2 Å². The number of hydrogen-bond acceptors (Lipinski definition) is 3. The lowest BCUT2D eigenvalue weighted by atomic mass is 10.2. The van der Waals surface area contributed by atoms with Crippen LogP contribution in [0.3, 0.4) is 0 Å². The van der Waals surface area contributed by atoms with Gasteiger partial charge in [0.05, 0.1) is 5.56 Å². The molecule has 1 saturated carbocycles. The average Bonchev–Trinajstić information content (AvgIpc) is 3.18. The second kappa shape index (κ2) is 5.87. The molecule has 1 heterocycles. The Kier molecular flexibility index (Phi) is 4.20. The quantitative estimate of drug-likeness (QED) is 0.621. The Bertz CT molecular complexity index is 416. The molecule has 17 heavy (non-hydrogen) atoms. The van der Waals surface area contributed by atoms with E-state index in [1.54, 1.807) is 12.3 Å². The van der Waals surface area contributed by atoms with E-state index < -0.39 is 0 Å². The van der Waals surface area contributed by atoms with Gasteiger partial charge in [0.2, 0.25) is 0 Å². The third-order valence-corrected chi connectivity index (χ3v) is 3.60. The lowest BCUT2D eigenvalue weighted by Crippen LogP contribution is -2.26. The number of thioether (sulfide) groups is 1. The number of carbonyl (C=O) groups is 1. The molecule has 1 aliphatic carbocycles. The maximum absolute atomic E-state index is 12.0. The largest absolute Gasteiger partial charge is 0.352 e. The van der Waals surface area contributed by atoms with Crippen molar-refractivity contribution in [1.29, 1.82) is 0 Å². The molecule has 3 nitrogen and oxygen atoms in total. The van der Waals surface area contributed by atoms with Gasteiger partial charge in [-0.1, -0.05) is 6.08 Å². The molecule has 0 atom stereocenters. The number of amides is 1. The maximum atomic E-state index is 12.0. The first-order chi connectivity index (χ1) is 8.31. The molecular weight excluding hydrogens is 232 g/mol. The summed E-state index contributed by atoms with van der Waals surface area (Å²) in [5, 5.41) is 3.74. The minimum Gasteiger partial charge on any atom is -0.352 e. The van der Waals surface area contributed by atoms with Crippen molar-refractivity contribution in [2.24, 2.45) is 5.92 Å². The van der Waals surface area contributed by atoms with Gasteiger partial charge in [-0.2, -0.15) is 0 Å². The van der Waals surface area contributed by atoms with E-state index in [2.05, 4.69) is 16.9 Å². The number of nitrogens with zero attached hydrogens (tertiary/aromatic N) is 1. The average molecular weight is 248 g/mol. The Balaban J connectivity index is 2.00. The highest BCUT2D eigenvalue weighted by molar-refractivity contribution is 7.99. The summed E-state index contributed by atoms with van der Waals surface area (Å²) in [6.07, 6.45) is 6.01. The fourth-order valence-electron chi connectivity index (χ4n) is 1.47. The molecule has 2 rings (SSSR count). The van der Waals surface area contributed by atoms with Crippen molar-refractivity contribution in [2.45, 2.75) is 17.9 Å². The first kappa shape index (κ1) is 12.2. The summed E-state index contributed by atoms with van der Waals surface area (Å²) in [7, 11) is 0. The predicted molar refractivity (Wildman–Crippen MR) is 70.2 cm³/mol. The van der Waals surface area contributed by atoms with Crippen LogP contribution in [0.4, 0.5) is 0 Å². The Morgan fingerprint density at radius 3 is 3.18 bits per heavy atom. The molecule has 0 saturated heterocycles. The predicted octanol–water partition coefficient (Wildman–Crippen LogP) is 2.50. The molecule has 0 aliphatic heterocycles. The summed E-state index contributed by atoms with van der Waals surface area (Å²) in [6.45, 7) is 4.46. The number of hydrogen-bond donors (Lipinski definition) is 1. The van der Waals surface area contributed by atoms with Crippen molar-refractivity contribution < 1.29 is 4.79 Å². The fraction of sp³-hybridized carbons (Fsp3) is 0.385. The standard InChI is InChI=1S/C13H16N2OS/c1-2-8-17-13-11(4-3-7-14-13)12(16)15-9-10-5-6-10/h2-4,7,10H,1,5-6,8-9H2,(H,15,16). The van der Waals surface area contributed by atoms with Gasteiger partial charge >= 0.3 is 0 Å². The first-order valence-electron chi connectivity index (χ1n) is 5.78. The Morgan fingerprint density at radius 2 is 2.47 bits per heavy atom. The molecule has 90 valence electrons. The van der Waals surface area contributed by atoms with E-state index in [1.165, 1.54) is 24.6 Å². The van der Waals surface area contributed by atoms with Gasteiger partial charge in [0.15, 0.2) is 0 Å². The zero-order chi connectivity index (χ0) is 12.1. The van der Waals surface area contributed by atoms with Crippen LogP contribution in [0.1, 0.15) is 23.2 Å². The van der Waals surface area contributed by atoms with Crippen LogP contribution in [0.15, 0.2) is 36.0 Å². The summed E-state index contributed by atoms with van der Waals surface area (Å²) in [6, 6.07) is 3.62. The minimum absolute atomic E-state index is 0.0171. The summed E-state index contributed by atoms with van der Waals surface area (Å²) < 4.78 is 0. The van der Waals surface area contributed by atoms with E-state index in [-0.39, 0.29) is 5.91 Å². The molecule has 0 radical (unpaired) electrons. The monoisotopic (exact) mass is 248 g/mol. The lowest BCUT2D eigenvalue weighted by Gasteiger charge is -2.07. The number of carbonyl (C=O) groups excluding carboxylic acids is 1. The molecule has 0 spiro atoms. The lowest BCUT2D eigenvalue weighted by molar-refractivity contribution is 0.0948. The van der Waals surface area contributed by atoms with Crippen molar-refractivity contribution in [3.05, 3.63) is 36.5 Å². The highest BCUT2D eigenvalue weighted by Crippen LogP contribution is 2.28. The number of pyridine rings is 1. The van der Waals surface area contributed by atoms with E-state index in [9.17, 15) is 4.79 Å². The van der Waals surface area contributed by atoms with Gasteiger partial charge in [-0.25, -0.2) is 4.98 Å². The highest BCUT2D eigenvalue weighted by Gasteiger charge is 2.22. The molecule has 1 aliphatic rings. The van der Waals surface area contributed by atoms with Gasteiger partial charge in [0.1, 0.15) is 5.03 Å². The molecule has 1 N–H and O–H groups in total. The Labute approximate surface area is 106 Å². The third kappa shape index (κ3) is 3.60. The van der Waals surface area contributed by atoms with Crippen LogP contribution in [0.25, 0.3) is 0 Å². The summed E-state index contributed by atoms with van der Waals surface area (Å²) >= 11 is 1.54. The van der Waals surface area contributed by atoms with Gasteiger partial charge in [0.25, 0.3) is 5.91 Å². The van der Waals surface area contributed by atoms with Crippen LogP contribution in [-0.2, 0) is 0 Å². The Hall–Kier alpha value is -1.29. The molecular formula is C13H16N2OS. The van der Waals surface area contributed by atoms with E-state index >= 15 is 0 Å². The second-order valence-corrected chi connectivity index (χ2v) is 5.12. The van der Waals surface area contributed by atoms with Crippen LogP contribution in [0, 0.1) is 5.92 Å². The summed E-state index contributed by atoms with van der Waals surface area (Å²) in [5.74, 6) is 1.44. The number of nitrogens with one attached hydrogen (secondary N) is 1. The molecule has 0 unspecified atom stereocenters. The second-order valence-electron chi connectivity index (χ2n) is 4.11. The molecule has 0 bridgehead atoms. The van der Waals surface area contributed by atoms with Gasteiger partial charge in [-0.05, 0) is 30.9 Å². The SMILES string of the molecule is C=CCSc1ncccc1C(=O)NCC1CC1. The van der Waals surface area contributed by atoms with Gasteiger partial charge in [0, 0.05) is 18.5 Å². The van der Waals surface area contributed by atoms with E-state index in [0.29, 0.717) is 11.5 Å². The van der Waals surface area contributed by atoms with Crippen LogP contribution < -0.4 is 5.32 Å². The molecule has 1 fully saturated rings. The zero-order valence-corrected chi connectivity index (χ0v) is 10.5. The van der Waals surface area contributed by atoms with Gasteiger partial charge in [-0.3, -0.25) is 4.79 Å². The fourth-order valence-corrected chi connectivity index (χ4v) is 2.20. The summed E-state index contributed by atoms with van der Waals surface area (Å²) in [5.41, 5.74) is 0.667. The van der Waals surface area contributed by atoms with Crippen molar-refractivity contribution in [3.8, 4) is 0 Å². The van der Waals surface area contributed by atoms with Crippen LogP contribution in [0.2, 0.25) is 0 Å². The van der Waals surface area contributed by atoms with E-state index in [0.717, 1.165) is 17.3 Å². The molecule has 1 aromatic heterocycles. The normalized spacial score (nSPS) is 14.4. The van der Waals surface area contributed by atoms with Crippen molar-refractivity contribution >= 4 is 17.7 Å². The summed E-state index contributed by atoms with van der Waals surface area (Å²) in [4.78, 5) is 16.2. The molecule has 1 aromatic rings. The third-order valence-electron chi connectivity index (χ3n) is 2.60. The topological polar surface area (TPSA) is 42.0 Å². The Morgan fingerprint density at radius 1 is 1.65 bits per heavy atom. The van der Waals surface area contributed by atoms with Crippen molar-refractivity contribution in [1.82, 2.24) is 10.3 Å². The smallest absolute Gasteiger partial charge is 0.254 e. The maximum Gasteiger partial charge on any atom is 0.254 e. The van der Waals surface area contributed by atoms with Crippen molar-refractivity contribution in [3.63, 3.8) is 0 Å². The van der Waals surface area contributed by atoms with Crippen LogP contribution >= 0.6 is 11.8 Å². The molecule has 1 amide bonds. The number of aromatic nitrogens is 1. The molecule has 0 aromatic carbocycles. The zero-order valence-electron chi connectivity index (χ0n) is 9.69. The first-order valence-corrected chi connectivity index (χ1v) is 6.76. The minimum atomic E-state index is -0.0171. The molecule has 4 heteroatoms. The van der Waals surface area contributed by atoms with Crippen molar-refractivity contribution in [2.75, 3.05) is 12.3 Å². The van der Waals surface area contributed by atoms with Gasteiger partial charge in [-0.15, -0.1) is 18.3 Å². The van der Waals surface area contributed by atoms with Gasteiger partial charge < -0.3 is 5.32 Å². The van der Waals surface area contributed by atoms with E-state index in [4.69, 9.17) is 0 Å². The highest BCUT2D eigenvalue weighted by atomic mass is 32.2. The van der Waals surface area contributed by atoms with Crippen LogP contribution in [0.5, 0.6) is 0 Å².